The van der Waals surface area contributed by atoms with Crippen molar-refractivity contribution in [1.82, 2.24) is 14.9 Å². The summed E-state index contributed by atoms with van der Waals surface area (Å²) < 4.78 is 22.6. The summed E-state index contributed by atoms with van der Waals surface area (Å²) in [5.74, 6) is 5.99. The topological polar surface area (TPSA) is 95.4 Å². The highest BCUT2D eigenvalue weighted by Gasteiger charge is 2.16. The second-order valence-electron chi connectivity index (χ2n) is 4.27. The Hall–Kier alpha value is -1.93. The number of halogens is 1. The first-order valence-corrected chi connectivity index (χ1v) is 6.16. The summed E-state index contributed by atoms with van der Waals surface area (Å²) >= 11 is 0. The number of aromatic nitrogens is 3. The first-order chi connectivity index (χ1) is 9.52. The summed E-state index contributed by atoms with van der Waals surface area (Å²) in [6, 6.07) is 1.74. The van der Waals surface area contributed by atoms with E-state index in [1.165, 1.54) is 6.92 Å². The molecule has 1 unspecified atom stereocenters. The van der Waals surface area contributed by atoms with Gasteiger partial charge in [0.15, 0.2) is 6.36 Å². The third kappa shape index (κ3) is 2.97. The quantitative estimate of drug-likeness (QED) is 0.597. The molecule has 0 radical (unpaired) electrons. The highest BCUT2D eigenvalue weighted by Crippen LogP contribution is 2.27. The van der Waals surface area contributed by atoms with E-state index in [9.17, 15) is 9.50 Å². The number of pyridine rings is 1. The molecule has 110 valence electrons. The fraction of sp³-hybridized carbons (Fsp3) is 0.500. The van der Waals surface area contributed by atoms with Gasteiger partial charge in [-0.15, -0.1) is 5.10 Å². The summed E-state index contributed by atoms with van der Waals surface area (Å²) in [5, 5.41) is 13.9. The van der Waals surface area contributed by atoms with Crippen LogP contribution in [0, 0.1) is 6.92 Å². The molecule has 0 bridgehead atoms. The van der Waals surface area contributed by atoms with Crippen LogP contribution in [0.15, 0.2) is 6.07 Å². The van der Waals surface area contributed by atoms with Gasteiger partial charge in [-0.25, -0.2) is 4.39 Å². The second kappa shape index (κ2) is 6.02. The van der Waals surface area contributed by atoms with Crippen LogP contribution in [0.1, 0.15) is 18.3 Å². The molecule has 0 aliphatic rings. The highest BCUT2D eigenvalue weighted by molar-refractivity contribution is 5.87. The second-order valence-corrected chi connectivity index (χ2v) is 4.27. The Morgan fingerprint density at radius 1 is 1.50 bits per heavy atom. The zero-order chi connectivity index (χ0) is 14.7. The average molecular weight is 284 g/mol. The Morgan fingerprint density at radius 3 is 2.90 bits per heavy atom. The van der Waals surface area contributed by atoms with Crippen molar-refractivity contribution < 1.29 is 19.0 Å². The Morgan fingerprint density at radius 2 is 2.25 bits per heavy atom. The Balaban J connectivity index is 2.25. The smallest absolute Gasteiger partial charge is 0.244 e. The molecule has 0 fully saturated rings. The molecule has 0 spiro atoms. The maximum atomic E-state index is 12.5. The summed E-state index contributed by atoms with van der Waals surface area (Å²) in [6.45, 7) is 3.05. The van der Waals surface area contributed by atoms with E-state index >= 15 is 0 Å². The molecule has 2 rings (SSSR count). The van der Waals surface area contributed by atoms with Gasteiger partial charge in [0.25, 0.3) is 0 Å². The molecule has 0 amide bonds. The van der Waals surface area contributed by atoms with E-state index in [0.29, 0.717) is 22.3 Å². The maximum absolute atomic E-state index is 12.5. The zero-order valence-corrected chi connectivity index (χ0v) is 11.3. The molecular formula is C12H17FN4O3. The minimum absolute atomic E-state index is 0.0876. The lowest BCUT2D eigenvalue weighted by molar-refractivity contribution is -0.0351. The van der Waals surface area contributed by atoms with E-state index in [1.54, 1.807) is 13.0 Å². The molecule has 2 aromatic heterocycles. The van der Waals surface area contributed by atoms with Gasteiger partial charge in [-0.1, -0.05) is 0 Å². The van der Waals surface area contributed by atoms with Crippen molar-refractivity contribution in [2.75, 3.05) is 19.1 Å². The number of fused-ring (bicyclic) bond motifs is 1. The first kappa shape index (κ1) is 14.5. The van der Waals surface area contributed by atoms with Gasteiger partial charge in [0.2, 0.25) is 5.88 Å². The van der Waals surface area contributed by atoms with Crippen LogP contribution in [0.4, 0.5) is 4.39 Å². The molecule has 3 N–H and O–H groups in total. The van der Waals surface area contributed by atoms with Gasteiger partial charge in [0, 0.05) is 5.69 Å². The van der Waals surface area contributed by atoms with E-state index in [-0.39, 0.29) is 25.7 Å². The number of aryl methyl sites for hydroxylation is 1. The Labute approximate surface area is 115 Å². The van der Waals surface area contributed by atoms with Crippen molar-refractivity contribution in [3.05, 3.63) is 17.5 Å². The van der Waals surface area contributed by atoms with Gasteiger partial charge in [-0.2, -0.15) is 4.79 Å². The first-order valence-electron chi connectivity index (χ1n) is 6.16. The van der Waals surface area contributed by atoms with Crippen molar-refractivity contribution in [3.8, 4) is 5.88 Å². The number of hydrogen-bond donors (Lipinski definition) is 2. The number of aliphatic hydroxyl groups excluding tert-OH is 1. The number of nitrogens with zero attached hydrogens (tertiary/aromatic N) is 3. The fourth-order valence-electron chi connectivity index (χ4n) is 1.90. The molecule has 1 atom stereocenters. The lowest BCUT2D eigenvalue weighted by Crippen LogP contribution is -2.12. The van der Waals surface area contributed by atoms with Gasteiger partial charge in [0.05, 0.1) is 29.8 Å². The molecule has 2 heterocycles. The van der Waals surface area contributed by atoms with Crippen molar-refractivity contribution in [2.24, 2.45) is 0 Å². The lowest BCUT2D eigenvalue weighted by atomic mass is 10.2. The van der Waals surface area contributed by atoms with Crippen molar-refractivity contribution in [3.63, 3.8) is 0 Å². The van der Waals surface area contributed by atoms with E-state index in [4.69, 9.17) is 15.3 Å². The third-order valence-corrected chi connectivity index (χ3v) is 2.68. The number of ether oxygens (including phenoxy) is 2. The van der Waals surface area contributed by atoms with Crippen LogP contribution in [-0.4, -0.2) is 39.6 Å². The fourth-order valence-corrected chi connectivity index (χ4v) is 1.90. The van der Waals surface area contributed by atoms with Crippen LogP contribution < -0.4 is 10.6 Å². The van der Waals surface area contributed by atoms with Crippen LogP contribution in [0.3, 0.4) is 0 Å². The summed E-state index contributed by atoms with van der Waals surface area (Å²) in [7, 11) is 0. The molecule has 0 saturated heterocycles. The van der Waals surface area contributed by atoms with Gasteiger partial charge in [-0.05, 0) is 19.9 Å². The molecule has 0 aliphatic carbocycles. The summed E-state index contributed by atoms with van der Waals surface area (Å²) in [5.41, 5.74) is 1.76. The number of rotatable bonds is 6. The average Bonchev–Trinajstić information content (AvgIpc) is 2.70. The van der Waals surface area contributed by atoms with E-state index in [2.05, 4.69) is 10.1 Å². The highest BCUT2D eigenvalue weighted by atomic mass is 19.1. The van der Waals surface area contributed by atoms with Crippen LogP contribution in [0.25, 0.3) is 10.9 Å². The number of hydrogen-bond acceptors (Lipinski definition) is 6. The predicted octanol–water partition coefficient (Wildman–Crippen LogP) is 0.657. The van der Waals surface area contributed by atoms with Crippen LogP contribution in [0.5, 0.6) is 5.88 Å². The van der Waals surface area contributed by atoms with Crippen molar-refractivity contribution in [1.29, 1.82) is 0 Å². The van der Waals surface area contributed by atoms with E-state index in [1.807, 2.05) is 0 Å². The minimum atomic E-state index is -1.35. The molecule has 2 aromatic rings. The molecule has 0 aromatic carbocycles. The number of nitrogens with two attached hydrogens (primary N) is 1. The number of alkyl halides is 1. The van der Waals surface area contributed by atoms with Crippen LogP contribution in [-0.2, 0) is 11.3 Å². The third-order valence-electron chi connectivity index (χ3n) is 2.68. The van der Waals surface area contributed by atoms with Gasteiger partial charge >= 0.3 is 0 Å². The molecular weight excluding hydrogens is 267 g/mol. The van der Waals surface area contributed by atoms with Gasteiger partial charge in [-0.3, -0.25) is 4.98 Å². The zero-order valence-electron chi connectivity index (χ0n) is 11.3. The minimum Gasteiger partial charge on any atom is -0.474 e. The van der Waals surface area contributed by atoms with Gasteiger partial charge < -0.3 is 20.4 Å². The summed E-state index contributed by atoms with van der Waals surface area (Å²) in [6.07, 6.45) is -1.35. The van der Waals surface area contributed by atoms with Crippen molar-refractivity contribution in [2.45, 2.75) is 26.8 Å². The molecule has 7 nitrogen and oxygen atoms in total. The van der Waals surface area contributed by atoms with Gasteiger partial charge in [0.1, 0.15) is 6.61 Å². The monoisotopic (exact) mass is 284 g/mol. The van der Waals surface area contributed by atoms with Crippen molar-refractivity contribution >= 4 is 10.9 Å². The molecule has 0 saturated carbocycles. The number of aliphatic hydroxyl groups is 1. The Kier molecular flexibility index (Phi) is 4.35. The predicted molar refractivity (Wildman–Crippen MR) is 70.4 cm³/mol. The van der Waals surface area contributed by atoms with E-state index < -0.39 is 6.36 Å². The Bertz CT molecular complexity index is 600. The van der Waals surface area contributed by atoms with E-state index in [0.717, 1.165) is 4.79 Å². The molecule has 20 heavy (non-hydrogen) atoms. The SMILES string of the molecule is Cc1cc2c(c(CO)n1)c(OCCOC(C)F)nn2N. The largest absolute Gasteiger partial charge is 0.474 e. The standard InChI is InChI=1S/C12H17FN4O3/c1-7-5-10-11(9(6-18)15-7)12(16-17(10)14)20-4-3-19-8(2)13/h5,8,18H,3-4,6,14H2,1-2H3. The summed E-state index contributed by atoms with van der Waals surface area (Å²) in [4.78, 5) is 5.38. The number of nitrogen functional groups attached to an aromatic ring is 1. The molecule has 8 heteroatoms. The lowest BCUT2D eigenvalue weighted by Gasteiger charge is -2.06. The molecule has 0 aliphatic heterocycles. The van der Waals surface area contributed by atoms with Crippen LogP contribution >= 0.6 is 0 Å². The maximum Gasteiger partial charge on any atom is 0.244 e. The normalized spacial score (nSPS) is 12.8. The van der Waals surface area contributed by atoms with Crippen LogP contribution in [0.2, 0.25) is 0 Å².